The number of nitrogens with one attached hydrogen (secondary N) is 5. The first kappa shape index (κ1) is 29.3. The normalized spacial score (nSPS) is 15.0. The quantitative estimate of drug-likeness (QED) is 0.124. The summed E-state index contributed by atoms with van der Waals surface area (Å²) in [6, 6.07) is 10.1. The Balaban J connectivity index is 1.63. The molecule has 2 aromatic carbocycles. The number of aromatic amines is 2. The van der Waals surface area contributed by atoms with Crippen molar-refractivity contribution < 1.29 is 29.4 Å². The highest BCUT2D eigenvalue weighted by atomic mass is 16.4. The number of benzene rings is 2. The number of carboxylic acid groups (broad SMARTS) is 1. The summed E-state index contributed by atoms with van der Waals surface area (Å²) >= 11 is 0. The molecule has 9 N–H and O–H groups in total. The van der Waals surface area contributed by atoms with Crippen LogP contribution in [0.5, 0.6) is 0 Å². The molecule has 0 saturated heterocycles. The number of nitrogens with two attached hydrogens (primary N) is 1. The third kappa shape index (κ3) is 6.91. The Bertz CT molecular complexity index is 1560. The van der Waals surface area contributed by atoms with Crippen LogP contribution in [0.2, 0.25) is 0 Å². The van der Waals surface area contributed by atoms with Crippen LogP contribution < -0.4 is 21.7 Å². The molecular formula is C29H34N6O6. The van der Waals surface area contributed by atoms with E-state index in [9.17, 15) is 29.4 Å². The van der Waals surface area contributed by atoms with E-state index in [2.05, 4.69) is 25.9 Å². The Morgan fingerprint density at radius 2 is 1.20 bits per heavy atom. The number of aromatic nitrogens is 2. The minimum Gasteiger partial charge on any atom is -0.480 e. The van der Waals surface area contributed by atoms with Gasteiger partial charge in [-0.05, 0) is 37.1 Å². The van der Waals surface area contributed by atoms with Crippen molar-refractivity contribution in [3.63, 3.8) is 0 Å². The number of para-hydroxylation sites is 2. The van der Waals surface area contributed by atoms with Gasteiger partial charge in [-0.3, -0.25) is 19.2 Å². The van der Waals surface area contributed by atoms with Gasteiger partial charge >= 0.3 is 5.97 Å². The van der Waals surface area contributed by atoms with Gasteiger partial charge in [-0.2, -0.15) is 0 Å². The molecular weight excluding hydrogens is 528 g/mol. The molecule has 4 aromatic rings. The molecule has 5 atom stereocenters. The molecule has 41 heavy (non-hydrogen) atoms. The maximum atomic E-state index is 13.7. The summed E-state index contributed by atoms with van der Waals surface area (Å²) in [5.74, 6) is -3.34. The number of H-pyrrole nitrogens is 2. The van der Waals surface area contributed by atoms with Crippen LogP contribution in [-0.4, -0.2) is 74.1 Å². The second kappa shape index (κ2) is 12.7. The summed E-state index contributed by atoms with van der Waals surface area (Å²) in [6.07, 6.45) is 2.40. The van der Waals surface area contributed by atoms with Gasteiger partial charge in [0.05, 0.1) is 6.10 Å². The summed E-state index contributed by atoms with van der Waals surface area (Å²) in [5.41, 5.74) is 8.98. The number of aliphatic hydroxyl groups is 1. The maximum absolute atomic E-state index is 13.7. The SMILES string of the molecule is CC(NC(=O)C(Cc1c[nH]c2ccccc12)NC(=O)C(Cc1c[nH]c2ccccc12)NC(=O)C(N)C(C)O)C(=O)O. The number of aliphatic hydroxyl groups excluding tert-OH is 1. The molecule has 2 heterocycles. The molecule has 12 heteroatoms. The molecule has 0 saturated carbocycles. The molecule has 3 amide bonds. The standard InChI is InChI=1S/C29H34N6O6/c1-15(29(40)41)33-26(37)23(11-17-13-31-21-9-5-3-7-19(17)21)34-27(38)24(35-28(39)25(30)16(2)36)12-18-14-32-22-10-6-4-8-20(18)22/h3-10,13-16,23-25,31-32,36H,11-12,30H2,1-2H3,(H,33,37)(H,34,38)(H,35,39)(H,40,41). The fraction of sp³-hybridized carbons (Fsp3) is 0.310. The van der Waals surface area contributed by atoms with Gasteiger partial charge in [0.15, 0.2) is 0 Å². The van der Waals surface area contributed by atoms with E-state index in [1.807, 2.05) is 48.5 Å². The lowest BCUT2D eigenvalue weighted by atomic mass is 10.0. The second-order valence-electron chi connectivity index (χ2n) is 10.1. The first-order valence-corrected chi connectivity index (χ1v) is 13.2. The Labute approximate surface area is 235 Å². The molecule has 216 valence electrons. The van der Waals surface area contributed by atoms with Gasteiger partial charge in [0.1, 0.15) is 24.2 Å². The number of amides is 3. The smallest absolute Gasteiger partial charge is 0.325 e. The van der Waals surface area contributed by atoms with Gasteiger partial charge in [0, 0.05) is 47.0 Å². The van der Waals surface area contributed by atoms with Crippen LogP contribution in [-0.2, 0) is 32.0 Å². The van der Waals surface area contributed by atoms with E-state index in [0.29, 0.717) is 0 Å². The van der Waals surface area contributed by atoms with Crippen LogP contribution in [0.1, 0.15) is 25.0 Å². The van der Waals surface area contributed by atoms with Crippen molar-refractivity contribution in [2.75, 3.05) is 0 Å². The molecule has 12 nitrogen and oxygen atoms in total. The largest absolute Gasteiger partial charge is 0.480 e. The lowest BCUT2D eigenvalue weighted by Crippen LogP contribution is -2.58. The maximum Gasteiger partial charge on any atom is 0.325 e. The number of hydrogen-bond acceptors (Lipinski definition) is 6. The fourth-order valence-corrected chi connectivity index (χ4v) is 4.59. The Hall–Kier alpha value is -4.68. The van der Waals surface area contributed by atoms with Crippen LogP contribution in [0.25, 0.3) is 21.8 Å². The monoisotopic (exact) mass is 562 g/mol. The number of carbonyl (C=O) groups excluding carboxylic acids is 3. The lowest BCUT2D eigenvalue weighted by Gasteiger charge is -2.25. The van der Waals surface area contributed by atoms with E-state index in [-0.39, 0.29) is 12.8 Å². The van der Waals surface area contributed by atoms with Gasteiger partial charge < -0.3 is 41.9 Å². The predicted molar refractivity (Wildman–Crippen MR) is 153 cm³/mol. The third-order valence-corrected chi connectivity index (χ3v) is 7.02. The van der Waals surface area contributed by atoms with E-state index in [1.165, 1.54) is 13.8 Å². The highest BCUT2D eigenvalue weighted by Crippen LogP contribution is 2.21. The molecule has 0 aliphatic carbocycles. The van der Waals surface area contributed by atoms with Gasteiger partial charge in [0.25, 0.3) is 0 Å². The summed E-state index contributed by atoms with van der Waals surface area (Å²) in [6.45, 7) is 2.69. The first-order chi connectivity index (χ1) is 19.5. The van der Waals surface area contributed by atoms with Crippen molar-refractivity contribution in [3.05, 3.63) is 72.1 Å². The summed E-state index contributed by atoms with van der Waals surface area (Å²) in [4.78, 5) is 57.4. The highest BCUT2D eigenvalue weighted by molar-refractivity contribution is 5.95. The Kier molecular flexibility index (Phi) is 9.05. The molecule has 5 unspecified atom stereocenters. The van der Waals surface area contributed by atoms with Crippen molar-refractivity contribution in [3.8, 4) is 0 Å². The number of carboxylic acids is 1. The number of fused-ring (bicyclic) bond motifs is 2. The van der Waals surface area contributed by atoms with E-state index < -0.39 is 54.0 Å². The number of hydrogen-bond donors (Lipinski definition) is 8. The van der Waals surface area contributed by atoms with Gasteiger partial charge in [0.2, 0.25) is 17.7 Å². The first-order valence-electron chi connectivity index (χ1n) is 13.2. The van der Waals surface area contributed by atoms with Crippen molar-refractivity contribution in [1.82, 2.24) is 25.9 Å². The summed E-state index contributed by atoms with van der Waals surface area (Å²) in [7, 11) is 0. The summed E-state index contributed by atoms with van der Waals surface area (Å²) < 4.78 is 0. The zero-order valence-electron chi connectivity index (χ0n) is 22.7. The van der Waals surface area contributed by atoms with Gasteiger partial charge in [-0.25, -0.2) is 0 Å². The van der Waals surface area contributed by atoms with E-state index >= 15 is 0 Å². The number of aliphatic carboxylic acids is 1. The average molecular weight is 563 g/mol. The van der Waals surface area contributed by atoms with Crippen LogP contribution in [0.4, 0.5) is 0 Å². The van der Waals surface area contributed by atoms with Gasteiger partial charge in [-0.1, -0.05) is 36.4 Å². The van der Waals surface area contributed by atoms with Crippen molar-refractivity contribution in [2.45, 2.75) is 57.0 Å². The molecule has 0 fully saturated rings. The van der Waals surface area contributed by atoms with Crippen molar-refractivity contribution >= 4 is 45.5 Å². The fourth-order valence-electron chi connectivity index (χ4n) is 4.59. The van der Waals surface area contributed by atoms with Crippen molar-refractivity contribution in [2.24, 2.45) is 5.73 Å². The number of carbonyl (C=O) groups is 4. The Morgan fingerprint density at radius 3 is 1.66 bits per heavy atom. The molecule has 0 radical (unpaired) electrons. The van der Waals surface area contributed by atoms with Gasteiger partial charge in [-0.15, -0.1) is 0 Å². The van der Waals surface area contributed by atoms with Crippen LogP contribution in [0.15, 0.2) is 60.9 Å². The topological polar surface area (TPSA) is 202 Å². The average Bonchev–Trinajstić information content (AvgIpc) is 3.55. The van der Waals surface area contributed by atoms with Crippen LogP contribution >= 0.6 is 0 Å². The third-order valence-electron chi connectivity index (χ3n) is 7.02. The predicted octanol–water partition coefficient (Wildman–Crippen LogP) is 0.701. The zero-order valence-corrected chi connectivity index (χ0v) is 22.7. The summed E-state index contributed by atoms with van der Waals surface area (Å²) in [5, 5.41) is 28.6. The molecule has 0 aliphatic heterocycles. The molecule has 2 aromatic heterocycles. The van der Waals surface area contributed by atoms with Crippen molar-refractivity contribution in [1.29, 1.82) is 0 Å². The highest BCUT2D eigenvalue weighted by Gasteiger charge is 2.31. The zero-order chi connectivity index (χ0) is 29.7. The molecule has 0 spiro atoms. The molecule has 0 bridgehead atoms. The van der Waals surface area contributed by atoms with E-state index in [0.717, 1.165) is 32.9 Å². The Morgan fingerprint density at radius 1 is 0.756 bits per heavy atom. The lowest BCUT2D eigenvalue weighted by molar-refractivity contribution is -0.141. The van der Waals surface area contributed by atoms with E-state index in [1.54, 1.807) is 12.4 Å². The number of rotatable bonds is 12. The van der Waals surface area contributed by atoms with Crippen LogP contribution in [0, 0.1) is 0 Å². The van der Waals surface area contributed by atoms with E-state index in [4.69, 9.17) is 5.73 Å². The molecule has 0 aliphatic rings. The van der Waals surface area contributed by atoms with Crippen LogP contribution in [0.3, 0.4) is 0 Å². The molecule has 4 rings (SSSR count). The minimum absolute atomic E-state index is 0.0505. The second-order valence-corrected chi connectivity index (χ2v) is 10.1. The minimum atomic E-state index is -1.28.